The molecule has 112 valence electrons. The zero-order valence-electron chi connectivity index (χ0n) is 13.2. The minimum atomic E-state index is 0.488. The van der Waals surface area contributed by atoms with Crippen LogP contribution in [-0.4, -0.2) is 42.7 Å². The number of ether oxygens (including phenoxy) is 1. The van der Waals surface area contributed by atoms with Crippen molar-refractivity contribution >= 4 is 0 Å². The summed E-state index contributed by atoms with van der Waals surface area (Å²) in [5, 5.41) is 3.58. The number of nitrogens with one attached hydrogen (secondary N) is 1. The van der Waals surface area contributed by atoms with E-state index in [1.165, 1.54) is 25.9 Å². The molecule has 1 aliphatic heterocycles. The predicted octanol–water partition coefficient (Wildman–Crippen LogP) is 2.28. The molecular weight excluding hydrogens is 250 g/mol. The van der Waals surface area contributed by atoms with Gasteiger partial charge in [-0.3, -0.25) is 4.98 Å². The van der Waals surface area contributed by atoms with Crippen molar-refractivity contribution in [2.45, 2.75) is 46.2 Å². The van der Waals surface area contributed by atoms with Crippen LogP contribution in [0.15, 0.2) is 6.20 Å². The highest BCUT2D eigenvalue weighted by Crippen LogP contribution is 2.23. The highest BCUT2D eigenvalue weighted by molar-refractivity contribution is 5.40. The lowest BCUT2D eigenvalue weighted by Crippen LogP contribution is -2.37. The molecule has 1 unspecified atom stereocenters. The normalized spacial score (nSPS) is 17.4. The summed E-state index contributed by atoms with van der Waals surface area (Å²) in [6, 6.07) is 0.488. The third-order valence-electron chi connectivity index (χ3n) is 4.10. The molecule has 1 aromatic heterocycles. The van der Waals surface area contributed by atoms with Crippen LogP contribution in [0.4, 0.5) is 0 Å². The van der Waals surface area contributed by atoms with Gasteiger partial charge in [-0.2, -0.15) is 0 Å². The molecule has 1 aliphatic rings. The summed E-state index contributed by atoms with van der Waals surface area (Å²) >= 11 is 0. The van der Waals surface area contributed by atoms with Gasteiger partial charge in [0.1, 0.15) is 5.75 Å². The van der Waals surface area contributed by atoms with Gasteiger partial charge in [0.2, 0.25) is 0 Å². The third kappa shape index (κ3) is 3.70. The zero-order chi connectivity index (χ0) is 14.5. The van der Waals surface area contributed by atoms with E-state index in [0.29, 0.717) is 6.04 Å². The Morgan fingerprint density at radius 2 is 2.05 bits per heavy atom. The molecule has 1 fully saturated rings. The number of hydrogen-bond donors (Lipinski definition) is 1. The second-order valence-electron chi connectivity index (χ2n) is 5.84. The number of aromatic nitrogens is 1. The molecular formula is C16H27N3O. The summed E-state index contributed by atoms with van der Waals surface area (Å²) < 4.78 is 5.45. The molecule has 20 heavy (non-hydrogen) atoms. The van der Waals surface area contributed by atoms with E-state index in [4.69, 9.17) is 4.74 Å². The molecule has 2 heterocycles. The highest BCUT2D eigenvalue weighted by atomic mass is 16.5. The van der Waals surface area contributed by atoms with Gasteiger partial charge in [-0.15, -0.1) is 0 Å². The molecule has 2 rings (SSSR count). The van der Waals surface area contributed by atoms with Gasteiger partial charge in [0.25, 0.3) is 0 Å². The molecule has 4 heteroatoms. The fourth-order valence-corrected chi connectivity index (χ4v) is 2.94. The SMILES string of the molecule is COc1c(C)cnc(CNC(C)CN2CCCC2)c1C. The van der Waals surface area contributed by atoms with Crippen LogP contribution in [0.5, 0.6) is 5.75 Å². The Hall–Kier alpha value is -1.13. The molecule has 1 N–H and O–H groups in total. The van der Waals surface area contributed by atoms with Crippen molar-refractivity contribution in [3.8, 4) is 5.75 Å². The van der Waals surface area contributed by atoms with E-state index >= 15 is 0 Å². The van der Waals surface area contributed by atoms with Crippen molar-refractivity contribution in [2.75, 3.05) is 26.7 Å². The van der Waals surface area contributed by atoms with Crippen molar-refractivity contribution in [3.63, 3.8) is 0 Å². The lowest BCUT2D eigenvalue weighted by molar-refractivity contribution is 0.297. The molecule has 0 amide bonds. The van der Waals surface area contributed by atoms with Gasteiger partial charge < -0.3 is 15.0 Å². The van der Waals surface area contributed by atoms with Gasteiger partial charge in [0.05, 0.1) is 12.8 Å². The molecule has 1 saturated heterocycles. The molecule has 0 aliphatic carbocycles. The minimum absolute atomic E-state index is 0.488. The van der Waals surface area contributed by atoms with Gasteiger partial charge in [-0.05, 0) is 46.7 Å². The third-order valence-corrected chi connectivity index (χ3v) is 4.10. The zero-order valence-corrected chi connectivity index (χ0v) is 13.2. The van der Waals surface area contributed by atoms with E-state index < -0.39 is 0 Å². The maximum Gasteiger partial charge on any atom is 0.128 e. The van der Waals surface area contributed by atoms with Gasteiger partial charge in [0, 0.05) is 36.5 Å². The Kier molecular flexibility index (Phi) is 5.38. The van der Waals surface area contributed by atoms with E-state index in [1.54, 1.807) is 7.11 Å². The van der Waals surface area contributed by atoms with Crippen LogP contribution in [-0.2, 0) is 6.54 Å². The van der Waals surface area contributed by atoms with E-state index in [2.05, 4.69) is 29.0 Å². The van der Waals surface area contributed by atoms with Crippen LogP contribution in [0.3, 0.4) is 0 Å². The van der Waals surface area contributed by atoms with E-state index in [0.717, 1.165) is 35.7 Å². The van der Waals surface area contributed by atoms with Gasteiger partial charge in [-0.25, -0.2) is 0 Å². The first-order valence-electron chi connectivity index (χ1n) is 7.56. The van der Waals surface area contributed by atoms with Crippen LogP contribution in [0.25, 0.3) is 0 Å². The van der Waals surface area contributed by atoms with Crippen LogP contribution < -0.4 is 10.1 Å². The largest absolute Gasteiger partial charge is 0.496 e. The Labute approximate surface area is 122 Å². The number of methoxy groups -OCH3 is 1. The van der Waals surface area contributed by atoms with Gasteiger partial charge in [0.15, 0.2) is 0 Å². The molecule has 0 saturated carbocycles. The van der Waals surface area contributed by atoms with E-state index in [9.17, 15) is 0 Å². The average Bonchev–Trinajstić information content (AvgIpc) is 2.91. The quantitative estimate of drug-likeness (QED) is 0.865. The van der Waals surface area contributed by atoms with Crippen molar-refractivity contribution in [1.29, 1.82) is 0 Å². The van der Waals surface area contributed by atoms with Gasteiger partial charge in [-0.1, -0.05) is 0 Å². The Balaban J connectivity index is 1.90. The monoisotopic (exact) mass is 277 g/mol. The number of pyridine rings is 1. The fourth-order valence-electron chi connectivity index (χ4n) is 2.94. The van der Waals surface area contributed by atoms with Crippen LogP contribution in [0.2, 0.25) is 0 Å². The fraction of sp³-hybridized carbons (Fsp3) is 0.688. The summed E-state index contributed by atoms with van der Waals surface area (Å²) in [5.41, 5.74) is 3.33. The molecule has 0 bridgehead atoms. The molecule has 1 atom stereocenters. The summed E-state index contributed by atoms with van der Waals surface area (Å²) in [7, 11) is 1.72. The molecule has 0 radical (unpaired) electrons. The van der Waals surface area contributed by atoms with Crippen LogP contribution in [0, 0.1) is 13.8 Å². The first-order valence-corrected chi connectivity index (χ1v) is 7.56. The number of rotatable bonds is 6. The molecule has 4 nitrogen and oxygen atoms in total. The lowest BCUT2D eigenvalue weighted by Gasteiger charge is -2.21. The Morgan fingerprint density at radius 3 is 2.70 bits per heavy atom. The second kappa shape index (κ2) is 7.04. The summed E-state index contributed by atoms with van der Waals surface area (Å²) in [6.45, 7) is 10.8. The van der Waals surface area contributed by atoms with E-state index in [1.807, 2.05) is 13.1 Å². The molecule has 0 aromatic carbocycles. The topological polar surface area (TPSA) is 37.4 Å². The maximum atomic E-state index is 5.45. The summed E-state index contributed by atoms with van der Waals surface area (Å²) in [4.78, 5) is 7.07. The minimum Gasteiger partial charge on any atom is -0.496 e. The summed E-state index contributed by atoms with van der Waals surface area (Å²) in [5.74, 6) is 0.962. The lowest BCUT2D eigenvalue weighted by atomic mass is 10.1. The predicted molar refractivity (Wildman–Crippen MR) is 82.2 cm³/mol. The van der Waals surface area contributed by atoms with Gasteiger partial charge >= 0.3 is 0 Å². The number of aryl methyl sites for hydroxylation is 1. The standard InChI is InChI=1S/C16H27N3O/c1-12-9-18-15(14(3)16(12)20-4)10-17-13(2)11-19-7-5-6-8-19/h9,13,17H,5-8,10-11H2,1-4H3. The highest BCUT2D eigenvalue weighted by Gasteiger charge is 2.15. The maximum absolute atomic E-state index is 5.45. The summed E-state index contributed by atoms with van der Waals surface area (Å²) in [6.07, 6.45) is 4.60. The van der Waals surface area contributed by atoms with Crippen molar-refractivity contribution in [1.82, 2.24) is 15.2 Å². The Bertz CT molecular complexity index is 442. The number of hydrogen-bond acceptors (Lipinski definition) is 4. The number of likely N-dealkylation sites (tertiary alicyclic amines) is 1. The molecule has 0 spiro atoms. The first-order chi connectivity index (χ1) is 9.61. The van der Waals surface area contributed by atoms with Crippen molar-refractivity contribution < 1.29 is 4.74 Å². The van der Waals surface area contributed by atoms with Crippen LogP contribution >= 0.6 is 0 Å². The van der Waals surface area contributed by atoms with E-state index in [-0.39, 0.29) is 0 Å². The van der Waals surface area contributed by atoms with Crippen molar-refractivity contribution in [3.05, 3.63) is 23.0 Å². The average molecular weight is 277 g/mol. The first kappa shape index (κ1) is 15.3. The van der Waals surface area contributed by atoms with Crippen molar-refractivity contribution in [2.24, 2.45) is 0 Å². The Morgan fingerprint density at radius 1 is 1.35 bits per heavy atom. The second-order valence-corrected chi connectivity index (χ2v) is 5.84. The van der Waals surface area contributed by atoms with Crippen LogP contribution in [0.1, 0.15) is 36.6 Å². The number of nitrogens with zero attached hydrogens (tertiary/aromatic N) is 2. The molecule has 1 aromatic rings. The smallest absolute Gasteiger partial charge is 0.128 e.